The Labute approximate surface area is 494 Å². The molecule has 0 saturated heterocycles. The van der Waals surface area contributed by atoms with Crippen molar-refractivity contribution in [1.29, 1.82) is 0 Å². The van der Waals surface area contributed by atoms with Crippen molar-refractivity contribution in [2.45, 2.75) is 418 Å². The molecule has 0 heterocycles. The topological polar surface area (TPSA) is 95.9 Å². The standard InChI is InChI=1S/C73H141NO5/c1-3-5-7-9-11-13-15-17-18-35-38-42-45-49-53-57-61-65-71(76)70(69-75)74-72(77)66-62-58-54-50-46-43-39-36-33-31-29-27-25-23-21-19-20-22-24-26-28-30-32-34-37-40-44-48-52-56-60-64-68-79-73(78)67-63-59-55-51-47-41-16-14-12-10-8-6-4-2/h14,16,61,65,70-71,75-76H,3-13,15,17-60,62-64,66-69H2,1-2H3,(H,74,77)/b16-14-,65-61+. The number of unbranched alkanes of at least 4 members (excludes halogenated alkanes) is 55. The van der Waals surface area contributed by atoms with E-state index < -0.39 is 12.1 Å². The van der Waals surface area contributed by atoms with E-state index in [-0.39, 0.29) is 18.5 Å². The quantitative estimate of drug-likeness (QED) is 0.0320. The Hall–Kier alpha value is -1.66. The molecule has 6 heteroatoms. The van der Waals surface area contributed by atoms with Crippen LogP contribution in [-0.2, 0) is 14.3 Å². The molecule has 1 amide bonds. The molecule has 0 fully saturated rings. The van der Waals surface area contributed by atoms with Crippen molar-refractivity contribution in [3.05, 3.63) is 24.3 Å². The molecule has 0 aromatic carbocycles. The van der Waals surface area contributed by atoms with Crippen molar-refractivity contribution < 1.29 is 24.5 Å². The van der Waals surface area contributed by atoms with E-state index in [1.54, 1.807) is 6.08 Å². The Morgan fingerprint density at radius 1 is 0.342 bits per heavy atom. The number of allylic oxidation sites excluding steroid dienone is 3. The van der Waals surface area contributed by atoms with Crippen molar-refractivity contribution in [1.82, 2.24) is 5.32 Å². The fourth-order valence-electron chi connectivity index (χ4n) is 11.5. The van der Waals surface area contributed by atoms with Gasteiger partial charge < -0.3 is 20.3 Å². The average molecular weight is 1110 g/mol. The lowest BCUT2D eigenvalue weighted by Gasteiger charge is -2.20. The molecule has 0 aliphatic heterocycles. The minimum atomic E-state index is -0.841. The van der Waals surface area contributed by atoms with Crippen molar-refractivity contribution in [2.24, 2.45) is 0 Å². The number of amides is 1. The van der Waals surface area contributed by atoms with Crippen LogP contribution in [0.15, 0.2) is 24.3 Å². The number of esters is 1. The highest BCUT2D eigenvalue weighted by Gasteiger charge is 2.18. The maximum Gasteiger partial charge on any atom is 0.305 e. The van der Waals surface area contributed by atoms with Gasteiger partial charge in [0.15, 0.2) is 0 Å². The van der Waals surface area contributed by atoms with Crippen molar-refractivity contribution >= 4 is 11.9 Å². The van der Waals surface area contributed by atoms with Crippen molar-refractivity contribution in [3.63, 3.8) is 0 Å². The van der Waals surface area contributed by atoms with Crippen LogP contribution in [0, 0.1) is 0 Å². The molecule has 0 aliphatic rings. The number of rotatable bonds is 68. The second kappa shape index (κ2) is 68.8. The van der Waals surface area contributed by atoms with Gasteiger partial charge in [-0.25, -0.2) is 0 Å². The third-order valence-electron chi connectivity index (χ3n) is 17.0. The van der Waals surface area contributed by atoms with Crippen LogP contribution < -0.4 is 5.32 Å². The third kappa shape index (κ3) is 65.4. The lowest BCUT2D eigenvalue weighted by Crippen LogP contribution is -2.45. The first-order valence-electron chi connectivity index (χ1n) is 36.1. The summed E-state index contributed by atoms with van der Waals surface area (Å²) < 4.78 is 5.48. The zero-order valence-electron chi connectivity index (χ0n) is 53.6. The lowest BCUT2D eigenvalue weighted by atomic mass is 10.0. The highest BCUT2D eigenvalue weighted by Crippen LogP contribution is 2.19. The first kappa shape index (κ1) is 77.3. The van der Waals surface area contributed by atoms with E-state index in [1.807, 2.05) is 6.08 Å². The van der Waals surface area contributed by atoms with E-state index in [1.165, 1.54) is 334 Å². The summed E-state index contributed by atoms with van der Waals surface area (Å²) in [4.78, 5) is 24.5. The highest BCUT2D eigenvalue weighted by molar-refractivity contribution is 5.76. The Morgan fingerprint density at radius 3 is 0.911 bits per heavy atom. The molecule has 0 aromatic heterocycles. The molecule has 0 saturated carbocycles. The number of carbonyl (C=O) groups is 2. The van der Waals surface area contributed by atoms with E-state index in [0.29, 0.717) is 19.4 Å². The summed E-state index contributed by atoms with van der Waals surface area (Å²) in [5.41, 5.74) is 0. The maximum atomic E-state index is 12.5. The van der Waals surface area contributed by atoms with E-state index in [9.17, 15) is 19.8 Å². The zero-order valence-corrected chi connectivity index (χ0v) is 53.6. The number of carbonyl (C=O) groups excluding carboxylic acids is 2. The van der Waals surface area contributed by atoms with Crippen LogP contribution in [0.3, 0.4) is 0 Å². The van der Waals surface area contributed by atoms with Crippen LogP contribution in [-0.4, -0.2) is 47.4 Å². The molecule has 0 bridgehead atoms. The van der Waals surface area contributed by atoms with Crippen LogP contribution in [0.5, 0.6) is 0 Å². The molecule has 2 unspecified atom stereocenters. The van der Waals surface area contributed by atoms with Gasteiger partial charge in [0.05, 0.1) is 25.4 Å². The normalized spacial score (nSPS) is 12.6. The SMILES string of the molecule is CCCCCC/C=C\CCCCCCCC(=O)OCCCCCCCCCCCCCCCCCCCCCCCCCCCCCCCCCCC(=O)NC(CO)C(O)/C=C/CCCCCCCCCCCCCCCCC. The first-order chi connectivity index (χ1) is 39.0. The number of nitrogens with one attached hydrogen (secondary N) is 1. The number of hydrogen-bond acceptors (Lipinski definition) is 5. The number of ether oxygens (including phenoxy) is 1. The van der Waals surface area contributed by atoms with Gasteiger partial charge >= 0.3 is 5.97 Å². The number of hydrogen-bond donors (Lipinski definition) is 3. The molecule has 6 nitrogen and oxygen atoms in total. The second-order valence-corrected chi connectivity index (χ2v) is 24.9. The fraction of sp³-hybridized carbons (Fsp3) is 0.918. The molecule has 79 heavy (non-hydrogen) atoms. The Kier molecular flexibility index (Phi) is 67.4. The lowest BCUT2D eigenvalue weighted by molar-refractivity contribution is -0.143. The average Bonchev–Trinajstić information content (AvgIpc) is 3.45. The van der Waals surface area contributed by atoms with Gasteiger partial charge in [0, 0.05) is 12.8 Å². The second-order valence-electron chi connectivity index (χ2n) is 24.9. The molecule has 0 aliphatic carbocycles. The fourth-order valence-corrected chi connectivity index (χ4v) is 11.5. The highest BCUT2D eigenvalue weighted by atomic mass is 16.5. The summed E-state index contributed by atoms with van der Waals surface area (Å²) in [5, 5.41) is 23.2. The largest absolute Gasteiger partial charge is 0.466 e. The van der Waals surface area contributed by atoms with Crippen LogP contribution in [0.4, 0.5) is 0 Å². The van der Waals surface area contributed by atoms with Crippen molar-refractivity contribution in [2.75, 3.05) is 13.2 Å². The van der Waals surface area contributed by atoms with Gasteiger partial charge in [0.25, 0.3) is 0 Å². The molecule has 0 aromatic rings. The van der Waals surface area contributed by atoms with Crippen LogP contribution in [0.1, 0.15) is 406 Å². The summed E-state index contributed by atoms with van der Waals surface area (Å²) in [6.07, 6.45) is 87.0. The summed E-state index contributed by atoms with van der Waals surface area (Å²) >= 11 is 0. The van der Waals surface area contributed by atoms with E-state index in [2.05, 4.69) is 31.3 Å². The third-order valence-corrected chi connectivity index (χ3v) is 17.0. The first-order valence-corrected chi connectivity index (χ1v) is 36.1. The van der Waals surface area contributed by atoms with Gasteiger partial charge in [-0.05, 0) is 57.8 Å². The minimum absolute atomic E-state index is 0.0122. The molecular formula is C73H141NO5. The summed E-state index contributed by atoms with van der Waals surface area (Å²) in [5.74, 6) is -0.0479. The van der Waals surface area contributed by atoms with E-state index >= 15 is 0 Å². The van der Waals surface area contributed by atoms with Gasteiger partial charge in [-0.3, -0.25) is 9.59 Å². The van der Waals surface area contributed by atoms with Gasteiger partial charge in [0.1, 0.15) is 0 Å². The Morgan fingerprint density at radius 2 is 0.595 bits per heavy atom. The predicted octanol–water partition coefficient (Wildman–Crippen LogP) is 23.3. The Balaban J connectivity index is 3.34. The zero-order chi connectivity index (χ0) is 57.1. The number of aliphatic hydroxyl groups excluding tert-OH is 2. The van der Waals surface area contributed by atoms with Gasteiger partial charge in [0.2, 0.25) is 5.91 Å². The van der Waals surface area contributed by atoms with Crippen LogP contribution in [0.2, 0.25) is 0 Å². The smallest absolute Gasteiger partial charge is 0.305 e. The van der Waals surface area contributed by atoms with E-state index in [0.717, 1.165) is 44.9 Å². The maximum absolute atomic E-state index is 12.5. The Bertz CT molecular complexity index is 1230. The monoisotopic (exact) mass is 1110 g/mol. The number of aliphatic hydroxyl groups is 2. The molecular weight excluding hydrogens is 971 g/mol. The van der Waals surface area contributed by atoms with Crippen LogP contribution in [0.25, 0.3) is 0 Å². The molecule has 3 N–H and O–H groups in total. The summed E-state index contributed by atoms with van der Waals surface area (Å²) in [6, 6.07) is -0.624. The van der Waals surface area contributed by atoms with Gasteiger partial charge in [-0.2, -0.15) is 0 Å². The molecule has 0 spiro atoms. The van der Waals surface area contributed by atoms with Gasteiger partial charge in [-0.1, -0.05) is 359 Å². The predicted molar refractivity (Wildman–Crippen MR) is 347 cm³/mol. The molecule has 2 atom stereocenters. The summed E-state index contributed by atoms with van der Waals surface area (Å²) in [6.45, 7) is 4.92. The van der Waals surface area contributed by atoms with E-state index in [4.69, 9.17) is 4.74 Å². The molecule has 0 rings (SSSR count). The molecule has 468 valence electrons. The summed E-state index contributed by atoms with van der Waals surface area (Å²) in [7, 11) is 0. The van der Waals surface area contributed by atoms with Crippen LogP contribution >= 0.6 is 0 Å². The minimum Gasteiger partial charge on any atom is -0.466 e. The molecule has 0 radical (unpaired) electrons. The van der Waals surface area contributed by atoms with Gasteiger partial charge in [-0.15, -0.1) is 0 Å². The van der Waals surface area contributed by atoms with Crippen molar-refractivity contribution in [3.8, 4) is 0 Å².